The molecule has 0 aromatic heterocycles. The molecule has 0 saturated heterocycles. The molecule has 0 bridgehead atoms. The Bertz CT molecular complexity index is 118. The molecule has 1 nitrogen and oxygen atoms in total. The van der Waals surface area contributed by atoms with E-state index in [4.69, 9.17) is 0 Å². The molecular formula is C12H25N. The van der Waals surface area contributed by atoms with Crippen molar-refractivity contribution in [2.45, 2.75) is 64.8 Å². The van der Waals surface area contributed by atoms with E-state index < -0.39 is 0 Å². The first-order valence-electron chi connectivity index (χ1n) is 6.10. The molecule has 13 heavy (non-hydrogen) atoms. The highest BCUT2D eigenvalue weighted by Gasteiger charge is 2.21. The summed E-state index contributed by atoms with van der Waals surface area (Å²) in [4.78, 5) is 0. The molecule has 1 atom stereocenters. The SMILES string of the molecule is CCCCC(CCC)CNC1CC1. The van der Waals surface area contributed by atoms with E-state index in [0.717, 1.165) is 12.0 Å². The summed E-state index contributed by atoms with van der Waals surface area (Å²) in [5.41, 5.74) is 0. The third-order valence-electron chi connectivity index (χ3n) is 2.94. The molecule has 0 heterocycles. The van der Waals surface area contributed by atoms with Gasteiger partial charge in [-0.2, -0.15) is 0 Å². The van der Waals surface area contributed by atoms with E-state index in [1.807, 2.05) is 0 Å². The molecular weight excluding hydrogens is 158 g/mol. The van der Waals surface area contributed by atoms with Gasteiger partial charge in [-0.3, -0.25) is 0 Å². The Hall–Kier alpha value is -0.0400. The van der Waals surface area contributed by atoms with Crippen LogP contribution in [-0.4, -0.2) is 12.6 Å². The first-order valence-corrected chi connectivity index (χ1v) is 6.10. The Morgan fingerprint density at radius 2 is 1.92 bits per heavy atom. The van der Waals surface area contributed by atoms with Gasteiger partial charge < -0.3 is 5.32 Å². The molecule has 1 heteroatoms. The van der Waals surface area contributed by atoms with Gasteiger partial charge in [0.2, 0.25) is 0 Å². The molecule has 78 valence electrons. The molecule has 1 saturated carbocycles. The second-order valence-corrected chi connectivity index (χ2v) is 4.48. The summed E-state index contributed by atoms with van der Waals surface area (Å²) in [7, 11) is 0. The van der Waals surface area contributed by atoms with Gasteiger partial charge in [0.05, 0.1) is 0 Å². The molecule has 1 N–H and O–H groups in total. The van der Waals surface area contributed by atoms with Gasteiger partial charge in [-0.05, 0) is 38.1 Å². The van der Waals surface area contributed by atoms with Crippen LogP contribution < -0.4 is 5.32 Å². The fraction of sp³-hybridized carbons (Fsp3) is 1.00. The highest BCUT2D eigenvalue weighted by atomic mass is 14.9. The van der Waals surface area contributed by atoms with Crippen molar-refractivity contribution >= 4 is 0 Å². The van der Waals surface area contributed by atoms with Gasteiger partial charge in [-0.15, -0.1) is 0 Å². The van der Waals surface area contributed by atoms with E-state index in [-0.39, 0.29) is 0 Å². The van der Waals surface area contributed by atoms with Crippen molar-refractivity contribution in [2.24, 2.45) is 5.92 Å². The van der Waals surface area contributed by atoms with Crippen LogP contribution >= 0.6 is 0 Å². The minimum Gasteiger partial charge on any atom is -0.314 e. The summed E-state index contributed by atoms with van der Waals surface area (Å²) >= 11 is 0. The first-order chi connectivity index (χ1) is 6.36. The van der Waals surface area contributed by atoms with Crippen molar-refractivity contribution in [1.82, 2.24) is 5.32 Å². The van der Waals surface area contributed by atoms with Gasteiger partial charge in [0, 0.05) is 6.04 Å². The summed E-state index contributed by atoms with van der Waals surface area (Å²) in [5.74, 6) is 0.950. The smallest absolute Gasteiger partial charge is 0.00683 e. The second-order valence-electron chi connectivity index (χ2n) is 4.48. The van der Waals surface area contributed by atoms with Gasteiger partial charge in [-0.1, -0.05) is 33.1 Å². The van der Waals surface area contributed by atoms with Crippen LogP contribution in [0, 0.1) is 5.92 Å². The maximum Gasteiger partial charge on any atom is 0.00683 e. The van der Waals surface area contributed by atoms with Gasteiger partial charge >= 0.3 is 0 Å². The van der Waals surface area contributed by atoms with Crippen molar-refractivity contribution in [3.05, 3.63) is 0 Å². The lowest BCUT2D eigenvalue weighted by Crippen LogP contribution is -2.24. The number of hydrogen-bond donors (Lipinski definition) is 1. The lowest BCUT2D eigenvalue weighted by Gasteiger charge is -2.16. The Labute approximate surface area is 83.3 Å². The highest BCUT2D eigenvalue weighted by Crippen LogP contribution is 2.21. The number of unbranched alkanes of at least 4 members (excludes halogenated alkanes) is 1. The average molecular weight is 183 g/mol. The van der Waals surface area contributed by atoms with E-state index in [2.05, 4.69) is 19.2 Å². The average Bonchev–Trinajstić information content (AvgIpc) is 2.93. The number of rotatable bonds is 8. The van der Waals surface area contributed by atoms with E-state index in [9.17, 15) is 0 Å². The molecule has 1 rings (SSSR count). The van der Waals surface area contributed by atoms with Gasteiger partial charge in [0.1, 0.15) is 0 Å². The van der Waals surface area contributed by atoms with Crippen molar-refractivity contribution in [2.75, 3.05) is 6.54 Å². The molecule has 0 aliphatic heterocycles. The molecule has 1 unspecified atom stereocenters. The van der Waals surface area contributed by atoms with Gasteiger partial charge in [0.25, 0.3) is 0 Å². The molecule has 1 fully saturated rings. The van der Waals surface area contributed by atoms with E-state index in [1.54, 1.807) is 0 Å². The molecule has 0 radical (unpaired) electrons. The maximum absolute atomic E-state index is 3.65. The van der Waals surface area contributed by atoms with Crippen LogP contribution in [0.4, 0.5) is 0 Å². The standard InChI is InChI=1S/C12H25N/c1-3-5-7-11(6-4-2)10-13-12-8-9-12/h11-13H,3-10H2,1-2H3. The lowest BCUT2D eigenvalue weighted by atomic mass is 9.97. The zero-order valence-electron chi connectivity index (χ0n) is 9.31. The van der Waals surface area contributed by atoms with Crippen molar-refractivity contribution < 1.29 is 0 Å². The van der Waals surface area contributed by atoms with Crippen LogP contribution in [0.2, 0.25) is 0 Å². The fourth-order valence-corrected chi connectivity index (χ4v) is 1.87. The minimum atomic E-state index is 0.890. The fourth-order valence-electron chi connectivity index (χ4n) is 1.87. The normalized spacial score (nSPS) is 18.9. The minimum absolute atomic E-state index is 0.890. The summed E-state index contributed by atoms with van der Waals surface area (Å²) in [5, 5.41) is 3.65. The van der Waals surface area contributed by atoms with E-state index >= 15 is 0 Å². The van der Waals surface area contributed by atoms with Crippen LogP contribution in [0.15, 0.2) is 0 Å². The van der Waals surface area contributed by atoms with E-state index in [0.29, 0.717) is 0 Å². The first kappa shape index (κ1) is 11.0. The van der Waals surface area contributed by atoms with Crippen LogP contribution in [0.1, 0.15) is 58.8 Å². The largest absolute Gasteiger partial charge is 0.314 e. The van der Waals surface area contributed by atoms with Gasteiger partial charge in [-0.25, -0.2) is 0 Å². The van der Waals surface area contributed by atoms with Crippen LogP contribution in [0.25, 0.3) is 0 Å². The molecule has 1 aliphatic carbocycles. The summed E-state index contributed by atoms with van der Waals surface area (Å²) < 4.78 is 0. The highest BCUT2D eigenvalue weighted by molar-refractivity contribution is 4.81. The maximum atomic E-state index is 3.65. The summed E-state index contributed by atoms with van der Waals surface area (Å²) in [6, 6.07) is 0.890. The van der Waals surface area contributed by atoms with Crippen LogP contribution in [0.5, 0.6) is 0 Å². The van der Waals surface area contributed by atoms with Crippen molar-refractivity contribution in [3.8, 4) is 0 Å². The third kappa shape index (κ3) is 5.30. The Morgan fingerprint density at radius 1 is 1.15 bits per heavy atom. The zero-order valence-corrected chi connectivity index (χ0v) is 9.31. The molecule has 0 amide bonds. The summed E-state index contributed by atoms with van der Waals surface area (Å²) in [6.07, 6.45) is 9.81. The van der Waals surface area contributed by atoms with Crippen molar-refractivity contribution in [3.63, 3.8) is 0 Å². The Morgan fingerprint density at radius 3 is 2.46 bits per heavy atom. The topological polar surface area (TPSA) is 12.0 Å². The zero-order chi connectivity index (χ0) is 9.52. The lowest BCUT2D eigenvalue weighted by molar-refractivity contribution is 0.401. The summed E-state index contributed by atoms with van der Waals surface area (Å²) in [6.45, 7) is 5.87. The van der Waals surface area contributed by atoms with Gasteiger partial charge in [0.15, 0.2) is 0 Å². The molecule has 0 aromatic rings. The quantitative estimate of drug-likeness (QED) is 0.608. The van der Waals surface area contributed by atoms with Crippen molar-refractivity contribution in [1.29, 1.82) is 0 Å². The molecule has 0 aromatic carbocycles. The second kappa shape index (κ2) is 6.42. The predicted molar refractivity (Wildman–Crippen MR) is 58.9 cm³/mol. The number of nitrogens with one attached hydrogen (secondary N) is 1. The Balaban J connectivity index is 2.03. The molecule has 0 spiro atoms. The van der Waals surface area contributed by atoms with E-state index in [1.165, 1.54) is 51.5 Å². The monoisotopic (exact) mass is 183 g/mol. The number of hydrogen-bond acceptors (Lipinski definition) is 1. The van der Waals surface area contributed by atoms with Crippen LogP contribution in [-0.2, 0) is 0 Å². The Kier molecular flexibility index (Phi) is 5.45. The predicted octanol–water partition coefficient (Wildman–Crippen LogP) is 3.34. The van der Waals surface area contributed by atoms with Crippen LogP contribution in [0.3, 0.4) is 0 Å². The third-order valence-corrected chi connectivity index (χ3v) is 2.94. The molecule has 1 aliphatic rings.